The van der Waals surface area contributed by atoms with E-state index in [1.54, 1.807) is 7.11 Å². The van der Waals surface area contributed by atoms with E-state index in [4.69, 9.17) is 18.9 Å². The Balaban J connectivity index is 1.02. The van der Waals surface area contributed by atoms with Gasteiger partial charge in [0.15, 0.2) is 0 Å². The number of esters is 1. The predicted octanol–water partition coefficient (Wildman–Crippen LogP) is 4.33. The largest absolute Gasteiger partial charge is 0.460 e. The average Bonchev–Trinajstić information content (AvgIpc) is 3.76. The van der Waals surface area contributed by atoms with Crippen LogP contribution in [0.15, 0.2) is 11.6 Å². The molecule has 6 atom stereocenters. The molecule has 4 bridgehead atoms. The van der Waals surface area contributed by atoms with Gasteiger partial charge in [-0.2, -0.15) is 0 Å². The number of carbonyl (C=O) groups excluding carboxylic acids is 2. The molecule has 1 amide bonds. The van der Waals surface area contributed by atoms with E-state index in [0.717, 1.165) is 24.7 Å². The van der Waals surface area contributed by atoms with Crippen LogP contribution in [0.3, 0.4) is 0 Å². The number of methoxy groups -OCH3 is 1. The lowest BCUT2D eigenvalue weighted by atomic mass is 9.54. The molecular weight excluding hydrogens is 470 g/mol. The molecule has 0 aromatic carbocycles. The van der Waals surface area contributed by atoms with Gasteiger partial charge in [0.25, 0.3) is 0 Å². The van der Waals surface area contributed by atoms with Gasteiger partial charge in [0.1, 0.15) is 23.4 Å². The zero-order valence-electron chi connectivity index (χ0n) is 23.0. The summed E-state index contributed by atoms with van der Waals surface area (Å²) in [6.45, 7) is 7.05. The van der Waals surface area contributed by atoms with Crippen molar-refractivity contribution in [2.75, 3.05) is 13.7 Å². The summed E-state index contributed by atoms with van der Waals surface area (Å²) in [6.07, 6.45) is 10.9. The van der Waals surface area contributed by atoms with Gasteiger partial charge in [-0.05, 0) is 95.8 Å². The van der Waals surface area contributed by atoms with Crippen LogP contribution in [0.1, 0.15) is 85.0 Å². The Morgan fingerprint density at radius 1 is 1.05 bits per heavy atom. The maximum Gasteiger partial charge on any atom is 0.306 e. The lowest BCUT2D eigenvalue weighted by molar-refractivity contribution is -0.172. The minimum Gasteiger partial charge on any atom is -0.460 e. The SMILES string of the molecule is CO[C@@H]1[C@H](OC(=O)CCC(=O)NC2C3CC4CC(C3)CC2C4)CC[C@]2(CO2)[C@H]1[C@@]1(C)O[C@@H]1CC=C(C)C. The molecule has 206 valence electrons. The molecule has 37 heavy (non-hydrogen) atoms. The predicted molar refractivity (Wildman–Crippen MR) is 138 cm³/mol. The van der Waals surface area contributed by atoms with E-state index in [9.17, 15) is 9.59 Å². The summed E-state index contributed by atoms with van der Waals surface area (Å²) < 4.78 is 24.2. The summed E-state index contributed by atoms with van der Waals surface area (Å²) in [5.41, 5.74) is 0.685. The fourth-order valence-corrected chi connectivity index (χ4v) is 8.93. The number of allylic oxidation sites excluding steroid dienone is 1. The molecule has 0 unspecified atom stereocenters. The van der Waals surface area contributed by atoms with Crippen molar-refractivity contribution in [3.8, 4) is 0 Å². The van der Waals surface area contributed by atoms with Gasteiger partial charge in [-0.15, -0.1) is 0 Å². The van der Waals surface area contributed by atoms with Crippen molar-refractivity contribution in [2.45, 2.75) is 121 Å². The van der Waals surface area contributed by atoms with Crippen molar-refractivity contribution >= 4 is 11.9 Å². The lowest BCUT2D eigenvalue weighted by Crippen LogP contribution is -2.56. The first-order chi connectivity index (χ1) is 17.7. The second kappa shape index (κ2) is 9.63. The first-order valence-electron chi connectivity index (χ1n) is 14.7. The maximum atomic E-state index is 12.9. The Hall–Kier alpha value is -1.44. The molecule has 2 heterocycles. The van der Waals surface area contributed by atoms with E-state index in [0.29, 0.717) is 30.9 Å². The van der Waals surface area contributed by atoms with Crippen LogP contribution in [0, 0.1) is 29.6 Å². The minimum absolute atomic E-state index is 0.00679. The standard InChI is InChI=1S/C30H45NO6/c1-17(2)5-6-23-29(3,37-23)28-27(34-4)22(9-10-30(28)16-35-30)36-25(33)8-7-24(32)31-26-20-12-18-11-19(14-20)15-21(26)13-18/h5,18-23,26-28H,6-16H2,1-4H3,(H,31,32)/t18?,19?,20?,21?,22-,23-,26?,27-,28-,29+,30+/m1/s1. The van der Waals surface area contributed by atoms with Crippen molar-refractivity contribution in [1.82, 2.24) is 5.32 Å². The fraction of sp³-hybridized carbons (Fsp3) is 0.867. The van der Waals surface area contributed by atoms with E-state index >= 15 is 0 Å². The van der Waals surface area contributed by atoms with Crippen LogP contribution in [-0.2, 0) is 28.5 Å². The van der Waals surface area contributed by atoms with Gasteiger partial charge in [0.05, 0.1) is 25.0 Å². The highest BCUT2D eigenvalue weighted by Gasteiger charge is 2.72. The zero-order chi connectivity index (χ0) is 25.9. The smallest absolute Gasteiger partial charge is 0.306 e. The van der Waals surface area contributed by atoms with Crippen molar-refractivity contribution in [1.29, 1.82) is 0 Å². The highest BCUT2D eigenvalue weighted by atomic mass is 16.6. The molecular formula is C30H45NO6. The van der Waals surface area contributed by atoms with Crippen LogP contribution in [-0.4, -0.2) is 61.1 Å². The van der Waals surface area contributed by atoms with Crippen LogP contribution in [0.5, 0.6) is 0 Å². The molecule has 7 rings (SSSR count). The van der Waals surface area contributed by atoms with E-state index < -0.39 is 0 Å². The van der Waals surface area contributed by atoms with E-state index in [2.05, 4.69) is 32.2 Å². The van der Waals surface area contributed by atoms with Crippen molar-refractivity contribution < 1.29 is 28.5 Å². The van der Waals surface area contributed by atoms with Crippen LogP contribution in [0.25, 0.3) is 0 Å². The van der Waals surface area contributed by atoms with Crippen LogP contribution >= 0.6 is 0 Å². The van der Waals surface area contributed by atoms with Crippen molar-refractivity contribution in [3.63, 3.8) is 0 Å². The third-order valence-corrected chi connectivity index (χ3v) is 10.6. The number of amides is 1. The first-order valence-corrected chi connectivity index (χ1v) is 14.7. The second-order valence-electron chi connectivity index (χ2n) is 13.4. The number of hydrogen-bond acceptors (Lipinski definition) is 6. The van der Waals surface area contributed by atoms with Crippen LogP contribution < -0.4 is 5.32 Å². The Morgan fingerprint density at radius 3 is 2.32 bits per heavy atom. The monoisotopic (exact) mass is 515 g/mol. The molecule has 1 N–H and O–H groups in total. The molecule has 5 saturated carbocycles. The van der Waals surface area contributed by atoms with Gasteiger partial charge in [-0.1, -0.05) is 11.6 Å². The number of nitrogens with one attached hydrogen (secondary N) is 1. The summed E-state index contributed by atoms with van der Waals surface area (Å²) in [5.74, 6) is 2.71. The van der Waals surface area contributed by atoms with Gasteiger partial charge in [-0.3, -0.25) is 9.59 Å². The van der Waals surface area contributed by atoms with Gasteiger partial charge in [0.2, 0.25) is 5.91 Å². The topological polar surface area (TPSA) is 89.7 Å². The summed E-state index contributed by atoms with van der Waals surface area (Å²) in [6, 6.07) is 0.307. The number of rotatable bonds is 9. The molecule has 0 aromatic rings. The first kappa shape index (κ1) is 25.8. The van der Waals surface area contributed by atoms with E-state index in [-0.39, 0.29) is 60.2 Å². The Labute approximate surface area is 221 Å². The molecule has 7 nitrogen and oxygen atoms in total. The van der Waals surface area contributed by atoms with E-state index in [1.807, 2.05) is 0 Å². The summed E-state index contributed by atoms with van der Waals surface area (Å²) >= 11 is 0. The third-order valence-electron chi connectivity index (χ3n) is 10.6. The average molecular weight is 516 g/mol. The summed E-state index contributed by atoms with van der Waals surface area (Å²) in [5, 5.41) is 3.31. The highest BCUT2D eigenvalue weighted by Crippen LogP contribution is 2.59. The number of carbonyl (C=O) groups is 2. The molecule has 7 aliphatic rings. The molecule has 5 aliphatic carbocycles. The summed E-state index contributed by atoms with van der Waals surface area (Å²) in [7, 11) is 1.69. The molecule has 0 radical (unpaired) electrons. The third kappa shape index (κ3) is 4.89. The van der Waals surface area contributed by atoms with Crippen LogP contribution in [0.2, 0.25) is 0 Å². The lowest BCUT2D eigenvalue weighted by Gasteiger charge is -2.54. The molecule has 1 spiro atoms. The number of ether oxygens (including phenoxy) is 4. The molecule has 2 saturated heterocycles. The Bertz CT molecular complexity index is 910. The van der Waals surface area contributed by atoms with Gasteiger partial charge in [-0.25, -0.2) is 0 Å². The summed E-state index contributed by atoms with van der Waals surface area (Å²) in [4.78, 5) is 25.7. The number of epoxide rings is 2. The minimum atomic E-state index is -0.354. The molecule has 0 aromatic heterocycles. The Morgan fingerprint density at radius 2 is 1.73 bits per heavy atom. The molecule has 7 fully saturated rings. The van der Waals surface area contributed by atoms with Crippen molar-refractivity contribution in [2.24, 2.45) is 29.6 Å². The van der Waals surface area contributed by atoms with Gasteiger partial charge >= 0.3 is 5.97 Å². The Kier molecular flexibility index (Phi) is 6.72. The fourth-order valence-electron chi connectivity index (χ4n) is 8.93. The number of hydrogen-bond donors (Lipinski definition) is 1. The van der Waals surface area contributed by atoms with E-state index in [1.165, 1.54) is 37.7 Å². The zero-order valence-corrected chi connectivity index (χ0v) is 23.0. The van der Waals surface area contributed by atoms with Gasteiger partial charge < -0.3 is 24.3 Å². The maximum absolute atomic E-state index is 12.9. The molecule has 2 aliphatic heterocycles. The molecule has 7 heteroatoms. The van der Waals surface area contributed by atoms with Crippen LogP contribution in [0.4, 0.5) is 0 Å². The van der Waals surface area contributed by atoms with Gasteiger partial charge in [0, 0.05) is 19.6 Å². The quantitative estimate of drug-likeness (QED) is 0.279. The normalized spacial score (nSPS) is 47.0. The van der Waals surface area contributed by atoms with Crippen molar-refractivity contribution in [3.05, 3.63) is 11.6 Å². The highest BCUT2D eigenvalue weighted by molar-refractivity contribution is 5.81. The second-order valence-corrected chi connectivity index (χ2v) is 13.4.